The summed E-state index contributed by atoms with van der Waals surface area (Å²) < 4.78 is 0. The van der Waals surface area contributed by atoms with Crippen LogP contribution >= 0.6 is 11.8 Å². The van der Waals surface area contributed by atoms with Gasteiger partial charge in [-0.3, -0.25) is 4.79 Å². The molecule has 0 spiro atoms. The molecule has 0 saturated carbocycles. The van der Waals surface area contributed by atoms with Gasteiger partial charge in [0.05, 0.1) is 0 Å². The Bertz CT molecular complexity index is 423. The minimum atomic E-state index is -1.07. The maximum Gasteiger partial charge on any atom is 0.325 e. The summed E-state index contributed by atoms with van der Waals surface area (Å²) in [6, 6.07) is 5.85. The summed E-state index contributed by atoms with van der Waals surface area (Å²) in [5, 5.41) is 13.5. The van der Waals surface area contributed by atoms with Crippen molar-refractivity contribution in [3.05, 3.63) is 24.3 Å². The largest absolute Gasteiger partial charge is 0.480 e. The molecule has 5 nitrogen and oxygen atoms in total. The molecule has 1 aromatic rings. The highest BCUT2D eigenvalue weighted by molar-refractivity contribution is 7.98. The average Bonchev–Trinajstić information content (AvgIpc) is 2.28. The van der Waals surface area contributed by atoms with Crippen molar-refractivity contribution in [3.8, 4) is 0 Å². The van der Waals surface area contributed by atoms with Crippen LogP contribution < -0.4 is 10.6 Å². The van der Waals surface area contributed by atoms with Crippen LogP contribution in [0.1, 0.15) is 6.92 Å². The zero-order chi connectivity index (χ0) is 12.8. The lowest BCUT2D eigenvalue weighted by atomic mass is 10.3. The van der Waals surface area contributed by atoms with Gasteiger partial charge in [0.2, 0.25) is 0 Å². The molecule has 1 rings (SSSR count). The number of amides is 2. The third-order valence-electron chi connectivity index (χ3n) is 2.05. The van der Waals surface area contributed by atoms with E-state index in [0.717, 1.165) is 4.90 Å². The molecule has 92 valence electrons. The number of urea groups is 1. The molecule has 0 heterocycles. The molecule has 2 amide bonds. The molecular formula is C11H14N2O3S. The van der Waals surface area contributed by atoms with Crippen molar-refractivity contribution in [2.75, 3.05) is 11.6 Å². The Morgan fingerprint density at radius 3 is 2.71 bits per heavy atom. The number of thioether (sulfide) groups is 1. The lowest BCUT2D eigenvalue weighted by Gasteiger charge is -2.11. The number of carbonyl (C=O) groups excluding carboxylic acids is 1. The summed E-state index contributed by atoms with van der Waals surface area (Å²) in [6.07, 6.45) is 1.94. The number of hydrogen-bond donors (Lipinski definition) is 3. The summed E-state index contributed by atoms with van der Waals surface area (Å²) in [6.45, 7) is 1.40. The predicted octanol–water partition coefficient (Wildman–Crippen LogP) is 2.00. The number of carboxylic acid groups (broad SMARTS) is 1. The Morgan fingerprint density at radius 2 is 2.12 bits per heavy atom. The van der Waals surface area contributed by atoms with Crippen molar-refractivity contribution in [2.24, 2.45) is 0 Å². The Kier molecular flexibility index (Phi) is 4.84. The molecule has 6 heteroatoms. The van der Waals surface area contributed by atoms with Crippen LogP contribution in [0.3, 0.4) is 0 Å². The maximum atomic E-state index is 11.4. The maximum absolute atomic E-state index is 11.4. The van der Waals surface area contributed by atoms with Crippen molar-refractivity contribution < 1.29 is 14.7 Å². The van der Waals surface area contributed by atoms with Crippen LogP contribution in [0.25, 0.3) is 0 Å². The van der Waals surface area contributed by atoms with Gasteiger partial charge in [0, 0.05) is 10.6 Å². The smallest absolute Gasteiger partial charge is 0.325 e. The average molecular weight is 254 g/mol. The zero-order valence-electron chi connectivity index (χ0n) is 9.56. The van der Waals surface area contributed by atoms with Crippen LogP contribution in [0.2, 0.25) is 0 Å². The number of rotatable bonds is 4. The van der Waals surface area contributed by atoms with Gasteiger partial charge in [-0.15, -0.1) is 11.8 Å². The standard InChI is InChI=1S/C11H14N2O3S/c1-7(10(14)15)12-11(16)13-8-4-3-5-9(6-8)17-2/h3-7H,1-2H3,(H,14,15)(H2,12,13,16)/t7-/m1/s1. The number of aliphatic carboxylic acids is 1. The zero-order valence-corrected chi connectivity index (χ0v) is 10.4. The Hall–Kier alpha value is -1.69. The van der Waals surface area contributed by atoms with E-state index in [1.807, 2.05) is 24.5 Å². The van der Waals surface area contributed by atoms with E-state index < -0.39 is 18.0 Å². The fourth-order valence-electron chi connectivity index (χ4n) is 1.13. The number of anilines is 1. The minimum Gasteiger partial charge on any atom is -0.480 e. The van der Waals surface area contributed by atoms with Gasteiger partial charge >= 0.3 is 12.0 Å². The summed E-state index contributed by atoms with van der Waals surface area (Å²) in [5.41, 5.74) is 0.631. The summed E-state index contributed by atoms with van der Waals surface area (Å²) >= 11 is 1.56. The topological polar surface area (TPSA) is 78.4 Å². The van der Waals surface area contributed by atoms with Crippen molar-refractivity contribution in [1.29, 1.82) is 0 Å². The molecular weight excluding hydrogens is 240 g/mol. The van der Waals surface area contributed by atoms with Gasteiger partial charge in [0.1, 0.15) is 6.04 Å². The van der Waals surface area contributed by atoms with E-state index in [1.54, 1.807) is 17.8 Å². The number of hydrogen-bond acceptors (Lipinski definition) is 3. The summed E-state index contributed by atoms with van der Waals surface area (Å²) in [7, 11) is 0. The fraction of sp³-hybridized carbons (Fsp3) is 0.273. The van der Waals surface area contributed by atoms with Gasteiger partial charge in [-0.25, -0.2) is 4.79 Å². The van der Waals surface area contributed by atoms with E-state index in [9.17, 15) is 9.59 Å². The Balaban J connectivity index is 2.58. The van der Waals surface area contributed by atoms with E-state index in [1.165, 1.54) is 6.92 Å². The van der Waals surface area contributed by atoms with Crippen molar-refractivity contribution >= 4 is 29.4 Å². The van der Waals surface area contributed by atoms with Gasteiger partial charge in [-0.2, -0.15) is 0 Å². The van der Waals surface area contributed by atoms with Crippen LogP contribution in [0.15, 0.2) is 29.2 Å². The molecule has 0 bridgehead atoms. The first-order chi connectivity index (χ1) is 8.02. The monoisotopic (exact) mass is 254 g/mol. The normalized spacial score (nSPS) is 11.6. The first kappa shape index (κ1) is 13.4. The second-order valence-electron chi connectivity index (χ2n) is 3.39. The van der Waals surface area contributed by atoms with Gasteiger partial charge in [0.25, 0.3) is 0 Å². The van der Waals surface area contributed by atoms with Crippen molar-refractivity contribution in [3.63, 3.8) is 0 Å². The molecule has 0 unspecified atom stereocenters. The SMILES string of the molecule is CSc1cccc(NC(=O)N[C@H](C)C(=O)O)c1. The molecule has 0 aliphatic heterocycles. The molecule has 3 N–H and O–H groups in total. The lowest BCUT2D eigenvalue weighted by molar-refractivity contribution is -0.138. The highest BCUT2D eigenvalue weighted by Gasteiger charge is 2.13. The highest BCUT2D eigenvalue weighted by Crippen LogP contribution is 2.18. The van der Waals surface area contributed by atoms with Gasteiger partial charge in [0.15, 0.2) is 0 Å². The molecule has 0 aliphatic carbocycles. The van der Waals surface area contributed by atoms with Crippen LogP contribution in [0, 0.1) is 0 Å². The van der Waals surface area contributed by atoms with E-state index in [-0.39, 0.29) is 0 Å². The first-order valence-corrected chi connectivity index (χ1v) is 6.20. The minimum absolute atomic E-state index is 0.529. The predicted molar refractivity (Wildman–Crippen MR) is 67.5 cm³/mol. The number of benzene rings is 1. The van der Waals surface area contributed by atoms with Gasteiger partial charge in [-0.1, -0.05) is 6.07 Å². The number of carboxylic acids is 1. The molecule has 1 atom stereocenters. The van der Waals surface area contributed by atoms with Gasteiger partial charge < -0.3 is 15.7 Å². The third kappa shape index (κ3) is 4.36. The quantitative estimate of drug-likeness (QED) is 0.718. The van der Waals surface area contributed by atoms with Crippen molar-refractivity contribution in [2.45, 2.75) is 17.9 Å². The highest BCUT2D eigenvalue weighted by atomic mass is 32.2. The summed E-state index contributed by atoms with van der Waals surface area (Å²) in [5.74, 6) is -1.07. The first-order valence-electron chi connectivity index (χ1n) is 4.97. The molecule has 0 fully saturated rings. The third-order valence-corrected chi connectivity index (χ3v) is 2.77. The Labute approximate surface area is 104 Å². The van der Waals surface area contributed by atoms with Crippen LogP contribution in [0.4, 0.5) is 10.5 Å². The van der Waals surface area contributed by atoms with Crippen LogP contribution in [-0.4, -0.2) is 29.4 Å². The fourth-order valence-corrected chi connectivity index (χ4v) is 1.59. The molecule has 0 radical (unpaired) electrons. The summed E-state index contributed by atoms with van der Waals surface area (Å²) in [4.78, 5) is 23.0. The number of nitrogens with one attached hydrogen (secondary N) is 2. The molecule has 0 aromatic heterocycles. The number of carbonyl (C=O) groups is 2. The molecule has 0 saturated heterocycles. The second kappa shape index (κ2) is 6.15. The molecule has 1 aromatic carbocycles. The second-order valence-corrected chi connectivity index (χ2v) is 4.27. The van der Waals surface area contributed by atoms with E-state index in [4.69, 9.17) is 5.11 Å². The van der Waals surface area contributed by atoms with E-state index in [2.05, 4.69) is 10.6 Å². The lowest BCUT2D eigenvalue weighted by Crippen LogP contribution is -2.40. The van der Waals surface area contributed by atoms with Gasteiger partial charge in [-0.05, 0) is 31.4 Å². The molecule has 0 aliphatic rings. The van der Waals surface area contributed by atoms with E-state index >= 15 is 0 Å². The van der Waals surface area contributed by atoms with Crippen molar-refractivity contribution in [1.82, 2.24) is 5.32 Å². The molecule has 17 heavy (non-hydrogen) atoms. The van der Waals surface area contributed by atoms with Crippen LogP contribution in [0.5, 0.6) is 0 Å². The van der Waals surface area contributed by atoms with E-state index in [0.29, 0.717) is 5.69 Å². The van der Waals surface area contributed by atoms with Crippen LogP contribution in [-0.2, 0) is 4.79 Å². The Morgan fingerprint density at radius 1 is 1.41 bits per heavy atom.